The molecule has 0 spiro atoms. The molecule has 2 N–H and O–H groups in total. The van der Waals surface area contributed by atoms with Crippen LogP contribution in [0.2, 0.25) is 0 Å². The number of carbonyl (C=O) groups is 2. The summed E-state index contributed by atoms with van der Waals surface area (Å²) in [5, 5.41) is 21.3. The van der Waals surface area contributed by atoms with Crippen LogP contribution < -0.4 is 10.6 Å². The molecule has 0 aliphatic rings. The van der Waals surface area contributed by atoms with Crippen LogP contribution in [0.25, 0.3) is 23.0 Å². The second-order valence-corrected chi connectivity index (χ2v) is 7.10. The highest BCUT2D eigenvalue weighted by atomic mass is 32.1. The van der Waals surface area contributed by atoms with Crippen molar-refractivity contribution in [2.45, 2.75) is 13.5 Å². The molecule has 10 nitrogen and oxygen atoms in total. The van der Waals surface area contributed by atoms with Crippen LogP contribution in [0.15, 0.2) is 51.8 Å². The molecular weight excluding hydrogens is 406 g/mol. The molecular formula is C19H17N7O3S. The van der Waals surface area contributed by atoms with Gasteiger partial charge in [-0.05, 0) is 29.6 Å². The van der Waals surface area contributed by atoms with Crippen molar-refractivity contribution in [3.63, 3.8) is 0 Å². The zero-order valence-electron chi connectivity index (χ0n) is 15.9. The third-order valence-corrected chi connectivity index (χ3v) is 4.72. The average Bonchev–Trinajstić information content (AvgIpc) is 3.48. The van der Waals surface area contributed by atoms with E-state index in [9.17, 15) is 9.59 Å². The fourth-order valence-corrected chi connectivity index (χ4v) is 3.30. The van der Waals surface area contributed by atoms with Crippen LogP contribution in [0, 0.1) is 0 Å². The first kappa shape index (κ1) is 19.5. The van der Waals surface area contributed by atoms with Gasteiger partial charge in [0.15, 0.2) is 5.69 Å². The Hall–Kier alpha value is -3.86. The van der Waals surface area contributed by atoms with Crippen LogP contribution in [0.4, 0.5) is 5.69 Å². The van der Waals surface area contributed by atoms with E-state index in [1.807, 2.05) is 16.8 Å². The predicted octanol–water partition coefficient (Wildman–Crippen LogP) is 2.45. The fourth-order valence-electron chi connectivity index (χ4n) is 2.67. The van der Waals surface area contributed by atoms with Gasteiger partial charge in [0, 0.05) is 35.7 Å². The van der Waals surface area contributed by atoms with Gasteiger partial charge in [-0.25, -0.2) is 4.68 Å². The minimum absolute atomic E-state index is 0.196. The first-order valence-electron chi connectivity index (χ1n) is 9.01. The highest BCUT2D eigenvalue weighted by Crippen LogP contribution is 2.22. The Bertz CT molecular complexity index is 1170. The van der Waals surface area contributed by atoms with Gasteiger partial charge in [0.2, 0.25) is 11.7 Å². The largest absolute Gasteiger partial charge is 0.350 e. The van der Waals surface area contributed by atoms with E-state index in [0.29, 0.717) is 35.9 Å². The Labute approximate surface area is 174 Å². The van der Waals surface area contributed by atoms with E-state index in [2.05, 4.69) is 31.1 Å². The van der Waals surface area contributed by atoms with Crippen LogP contribution >= 0.6 is 11.3 Å². The zero-order valence-corrected chi connectivity index (χ0v) is 16.7. The van der Waals surface area contributed by atoms with Crippen LogP contribution in [-0.2, 0) is 11.3 Å². The summed E-state index contributed by atoms with van der Waals surface area (Å²) >= 11 is 1.55. The van der Waals surface area contributed by atoms with E-state index >= 15 is 0 Å². The SMILES string of the molecule is CC(=O)Nc1cccc(C(=O)NCCn2cc(-c3nc(-c4ccsc4)no3)nn2)c1. The van der Waals surface area contributed by atoms with Crippen LogP contribution in [0.1, 0.15) is 17.3 Å². The van der Waals surface area contributed by atoms with Crippen molar-refractivity contribution in [2.24, 2.45) is 0 Å². The molecule has 0 bridgehead atoms. The molecule has 1 aromatic carbocycles. The molecule has 11 heteroatoms. The van der Waals surface area contributed by atoms with Crippen molar-refractivity contribution < 1.29 is 14.1 Å². The van der Waals surface area contributed by atoms with Gasteiger partial charge in [-0.1, -0.05) is 16.4 Å². The molecule has 0 atom stereocenters. The Morgan fingerprint density at radius 2 is 2.17 bits per heavy atom. The van der Waals surface area contributed by atoms with Gasteiger partial charge in [0.05, 0.1) is 12.7 Å². The van der Waals surface area contributed by atoms with Crippen LogP contribution in [-0.4, -0.2) is 43.5 Å². The van der Waals surface area contributed by atoms with Gasteiger partial charge in [-0.15, -0.1) is 5.10 Å². The topological polar surface area (TPSA) is 128 Å². The van der Waals surface area contributed by atoms with Gasteiger partial charge >= 0.3 is 0 Å². The summed E-state index contributed by atoms with van der Waals surface area (Å²) in [4.78, 5) is 27.8. The van der Waals surface area contributed by atoms with Crippen molar-refractivity contribution in [1.82, 2.24) is 30.5 Å². The number of amides is 2. The number of carbonyl (C=O) groups excluding carboxylic acids is 2. The molecule has 0 aliphatic carbocycles. The van der Waals surface area contributed by atoms with E-state index in [4.69, 9.17) is 4.52 Å². The lowest BCUT2D eigenvalue weighted by Crippen LogP contribution is -2.27. The van der Waals surface area contributed by atoms with E-state index in [-0.39, 0.29) is 17.7 Å². The summed E-state index contributed by atoms with van der Waals surface area (Å²) in [6, 6.07) is 8.62. The van der Waals surface area contributed by atoms with Crippen LogP contribution in [0.5, 0.6) is 0 Å². The van der Waals surface area contributed by atoms with Crippen molar-refractivity contribution in [2.75, 3.05) is 11.9 Å². The van der Waals surface area contributed by atoms with E-state index in [0.717, 1.165) is 5.56 Å². The maximum absolute atomic E-state index is 12.3. The Morgan fingerprint density at radius 3 is 2.97 bits per heavy atom. The highest BCUT2D eigenvalue weighted by molar-refractivity contribution is 7.08. The summed E-state index contributed by atoms with van der Waals surface area (Å²) in [7, 11) is 0. The second kappa shape index (κ2) is 8.66. The second-order valence-electron chi connectivity index (χ2n) is 6.32. The lowest BCUT2D eigenvalue weighted by molar-refractivity contribution is -0.114. The number of aromatic nitrogens is 5. The first-order chi connectivity index (χ1) is 14.6. The molecule has 4 rings (SSSR count). The number of rotatable bonds is 7. The van der Waals surface area contributed by atoms with Gasteiger partial charge < -0.3 is 15.2 Å². The zero-order chi connectivity index (χ0) is 20.9. The summed E-state index contributed by atoms with van der Waals surface area (Å²) in [6.45, 7) is 2.17. The fraction of sp³-hybridized carbons (Fsp3) is 0.158. The quantitative estimate of drug-likeness (QED) is 0.467. The summed E-state index contributed by atoms with van der Waals surface area (Å²) in [5.74, 6) is 0.328. The van der Waals surface area contributed by atoms with Gasteiger partial charge in [0.1, 0.15) is 0 Å². The number of hydrogen-bond donors (Lipinski definition) is 2. The third kappa shape index (κ3) is 4.58. The molecule has 0 aliphatic heterocycles. The number of thiophene rings is 1. The minimum Gasteiger partial charge on any atom is -0.350 e. The number of nitrogens with zero attached hydrogens (tertiary/aromatic N) is 5. The van der Waals surface area contributed by atoms with E-state index < -0.39 is 0 Å². The monoisotopic (exact) mass is 423 g/mol. The molecule has 0 saturated carbocycles. The van der Waals surface area contributed by atoms with Crippen molar-refractivity contribution >= 4 is 28.8 Å². The maximum Gasteiger partial charge on any atom is 0.280 e. The average molecular weight is 423 g/mol. The van der Waals surface area contributed by atoms with Crippen molar-refractivity contribution in [3.8, 4) is 23.0 Å². The molecule has 0 saturated heterocycles. The number of anilines is 1. The minimum atomic E-state index is -0.250. The molecule has 0 unspecified atom stereocenters. The predicted molar refractivity (Wildman–Crippen MR) is 110 cm³/mol. The Balaban J connectivity index is 1.33. The number of benzene rings is 1. The molecule has 2 amide bonds. The standard InChI is InChI=1S/C19H17N7O3S/c1-12(27)21-15-4-2-3-13(9-15)18(28)20-6-7-26-10-16(23-25-26)19-22-17(24-29-19)14-5-8-30-11-14/h2-5,8-11H,6-7H2,1H3,(H,20,28)(H,21,27). The van der Waals surface area contributed by atoms with Crippen molar-refractivity contribution in [3.05, 3.63) is 52.9 Å². The summed E-state index contributed by atoms with van der Waals surface area (Å²) in [5.41, 5.74) is 2.36. The molecule has 152 valence electrons. The highest BCUT2D eigenvalue weighted by Gasteiger charge is 2.14. The molecule has 3 aromatic heterocycles. The summed E-state index contributed by atoms with van der Waals surface area (Å²) in [6.07, 6.45) is 1.68. The normalized spacial score (nSPS) is 10.7. The van der Waals surface area contributed by atoms with Gasteiger partial charge in [-0.2, -0.15) is 16.3 Å². The maximum atomic E-state index is 12.3. The first-order valence-corrected chi connectivity index (χ1v) is 9.95. The van der Waals surface area contributed by atoms with Gasteiger partial charge in [0.25, 0.3) is 11.8 Å². The van der Waals surface area contributed by atoms with E-state index in [1.54, 1.807) is 46.5 Å². The smallest absolute Gasteiger partial charge is 0.280 e. The molecule has 0 radical (unpaired) electrons. The van der Waals surface area contributed by atoms with Gasteiger partial charge in [-0.3, -0.25) is 9.59 Å². The lowest BCUT2D eigenvalue weighted by atomic mass is 10.2. The van der Waals surface area contributed by atoms with Crippen molar-refractivity contribution in [1.29, 1.82) is 0 Å². The van der Waals surface area contributed by atoms with Crippen LogP contribution in [0.3, 0.4) is 0 Å². The lowest BCUT2D eigenvalue weighted by Gasteiger charge is -2.07. The third-order valence-electron chi connectivity index (χ3n) is 4.03. The van der Waals surface area contributed by atoms with E-state index in [1.165, 1.54) is 6.92 Å². The summed E-state index contributed by atoms with van der Waals surface area (Å²) < 4.78 is 6.84. The number of nitrogens with one attached hydrogen (secondary N) is 2. The molecule has 4 aromatic rings. The molecule has 30 heavy (non-hydrogen) atoms. The molecule has 0 fully saturated rings. The Kier molecular flexibility index (Phi) is 5.61. The Morgan fingerprint density at radius 1 is 1.27 bits per heavy atom. The number of hydrogen-bond acceptors (Lipinski definition) is 8. The molecule has 3 heterocycles.